The highest BCUT2D eigenvalue weighted by Crippen LogP contribution is 2.62. The number of rotatable bonds is 0. The second-order valence-electron chi connectivity index (χ2n) is 3.23. The lowest BCUT2D eigenvalue weighted by Crippen LogP contribution is -1.95. The van der Waals surface area contributed by atoms with E-state index in [2.05, 4.69) is 18.2 Å². The van der Waals surface area contributed by atoms with Crippen molar-refractivity contribution in [3.8, 4) is 12.1 Å². The molecule has 0 aliphatic heterocycles. The van der Waals surface area contributed by atoms with Crippen molar-refractivity contribution in [2.45, 2.75) is 12.8 Å². The summed E-state index contributed by atoms with van der Waals surface area (Å²) in [4.78, 5) is 0. The molecule has 2 unspecified atom stereocenters. The van der Waals surface area contributed by atoms with Gasteiger partial charge in [-0.15, -0.1) is 0 Å². The van der Waals surface area contributed by atoms with Crippen LogP contribution in [-0.4, -0.2) is 0 Å². The van der Waals surface area contributed by atoms with Crippen molar-refractivity contribution in [3.05, 3.63) is 12.2 Å². The molecule has 2 aliphatic rings. The van der Waals surface area contributed by atoms with Gasteiger partial charge >= 0.3 is 0 Å². The van der Waals surface area contributed by atoms with Crippen LogP contribution in [0.5, 0.6) is 0 Å². The zero-order valence-electron chi connectivity index (χ0n) is 6.12. The van der Waals surface area contributed by atoms with Crippen LogP contribution >= 0.6 is 0 Å². The van der Waals surface area contributed by atoms with Crippen LogP contribution in [0.4, 0.5) is 0 Å². The maximum atomic E-state index is 8.78. The van der Waals surface area contributed by atoms with Crippen LogP contribution in [-0.2, 0) is 0 Å². The molecule has 0 aromatic carbocycles. The minimum Gasteiger partial charge on any atom is -0.197 e. The number of nitriles is 2. The van der Waals surface area contributed by atoms with Crippen LogP contribution in [0, 0.1) is 39.9 Å². The van der Waals surface area contributed by atoms with Crippen molar-refractivity contribution >= 4 is 0 Å². The topological polar surface area (TPSA) is 47.6 Å². The van der Waals surface area contributed by atoms with Crippen LogP contribution in [0.15, 0.2) is 12.2 Å². The first-order valence-electron chi connectivity index (χ1n) is 3.84. The monoisotopic (exact) mass is 144 g/mol. The zero-order valence-corrected chi connectivity index (χ0v) is 6.12. The maximum absolute atomic E-state index is 8.78. The average molecular weight is 144 g/mol. The second-order valence-corrected chi connectivity index (χ2v) is 3.23. The summed E-state index contributed by atoms with van der Waals surface area (Å²) in [6.07, 6.45) is 6.16. The van der Waals surface area contributed by atoms with Crippen LogP contribution in [0.3, 0.4) is 0 Å². The van der Waals surface area contributed by atoms with Crippen molar-refractivity contribution in [1.82, 2.24) is 0 Å². The molecule has 2 rings (SSSR count). The third-order valence-electron chi connectivity index (χ3n) is 2.79. The highest BCUT2D eigenvalue weighted by Gasteiger charge is 2.65. The first-order chi connectivity index (χ1) is 5.35. The Balaban J connectivity index is 2.31. The Bertz CT molecular complexity index is 276. The van der Waals surface area contributed by atoms with Gasteiger partial charge in [-0.1, -0.05) is 12.2 Å². The Labute approximate surface area is 65.7 Å². The Hall–Kier alpha value is -1.28. The summed E-state index contributed by atoms with van der Waals surface area (Å²) in [5.41, 5.74) is -0.646. The van der Waals surface area contributed by atoms with Gasteiger partial charge in [0.15, 0.2) is 5.41 Å². The normalized spacial score (nSPS) is 36.5. The van der Waals surface area contributed by atoms with Crippen molar-refractivity contribution in [2.75, 3.05) is 0 Å². The smallest absolute Gasteiger partial charge is 0.153 e. The lowest BCUT2D eigenvalue weighted by Gasteiger charge is -1.96. The lowest BCUT2D eigenvalue weighted by molar-refractivity contribution is 0.645. The molecular formula is C9H8N2. The van der Waals surface area contributed by atoms with E-state index in [9.17, 15) is 0 Å². The van der Waals surface area contributed by atoms with E-state index in [1.54, 1.807) is 0 Å². The van der Waals surface area contributed by atoms with E-state index in [1.165, 1.54) is 0 Å². The molecule has 0 heterocycles. The van der Waals surface area contributed by atoms with Gasteiger partial charge in [-0.25, -0.2) is 0 Å². The molecule has 0 radical (unpaired) electrons. The molecule has 1 saturated carbocycles. The summed E-state index contributed by atoms with van der Waals surface area (Å²) in [7, 11) is 0. The summed E-state index contributed by atoms with van der Waals surface area (Å²) >= 11 is 0. The minimum atomic E-state index is -0.646. The quantitative estimate of drug-likeness (QED) is 0.485. The van der Waals surface area contributed by atoms with Gasteiger partial charge in [-0.2, -0.15) is 10.5 Å². The fraction of sp³-hybridized carbons (Fsp3) is 0.556. The van der Waals surface area contributed by atoms with Crippen molar-refractivity contribution in [3.63, 3.8) is 0 Å². The zero-order chi connectivity index (χ0) is 7.90. The number of fused-ring (bicyclic) bond motifs is 1. The molecule has 54 valence electrons. The molecule has 0 aromatic rings. The third-order valence-corrected chi connectivity index (χ3v) is 2.79. The molecule has 2 heteroatoms. The third kappa shape index (κ3) is 0.595. The highest BCUT2D eigenvalue weighted by atomic mass is 14.7. The fourth-order valence-corrected chi connectivity index (χ4v) is 2.04. The standard InChI is InChI=1S/C9H8N2/c10-5-9(6-11)7-3-1-2-4-8(7)9/h1,3,7-8H,2,4H2. The number of hydrogen-bond acceptors (Lipinski definition) is 2. The van der Waals surface area contributed by atoms with E-state index >= 15 is 0 Å². The fourth-order valence-electron chi connectivity index (χ4n) is 2.04. The van der Waals surface area contributed by atoms with Crippen LogP contribution in [0.1, 0.15) is 12.8 Å². The van der Waals surface area contributed by atoms with Crippen LogP contribution < -0.4 is 0 Å². The summed E-state index contributed by atoms with van der Waals surface area (Å²) in [5.74, 6) is 0.578. The van der Waals surface area contributed by atoms with E-state index < -0.39 is 5.41 Å². The highest BCUT2D eigenvalue weighted by molar-refractivity contribution is 5.37. The van der Waals surface area contributed by atoms with Crippen LogP contribution in [0.25, 0.3) is 0 Å². The van der Waals surface area contributed by atoms with Gasteiger partial charge in [-0.3, -0.25) is 0 Å². The predicted octanol–water partition coefficient (Wildman–Crippen LogP) is 1.62. The lowest BCUT2D eigenvalue weighted by atomic mass is 10.1. The summed E-state index contributed by atoms with van der Waals surface area (Å²) in [6.45, 7) is 0. The van der Waals surface area contributed by atoms with E-state index in [4.69, 9.17) is 10.5 Å². The Morgan fingerprint density at radius 1 is 1.36 bits per heavy atom. The molecule has 2 aliphatic carbocycles. The Morgan fingerprint density at radius 2 is 2.09 bits per heavy atom. The Kier molecular flexibility index (Phi) is 1.09. The second kappa shape index (κ2) is 1.86. The predicted molar refractivity (Wildman–Crippen MR) is 39.0 cm³/mol. The van der Waals surface area contributed by atoms with Gasteiger partial charge in [0.05, 0.1) is 12.1 Å². The SMILES string of the molecule is N#CC1(C#N)C2C=CCCC21. The molecule has 0 saturated heterocycles. The van der Waals surface area contributed by atoms with Gasteiger partial charge in [0, 0.05) is 11.8 Å². The van der Waals surface area contributed by atoms with Gasteiger partial charge < -0.3 is 0 Å². The number of hydrogen-bond donors (Lipinski definition) is 0. The molecule has 0 amide bonds. The van der Waals surface area contributed by atoms with Crippen LogP contribution in [0.2, 0.25) is 0 Å². The van der Waals surface area contributed by atoms with Crippen molar-refractivity contribution in [1.29, 1.82) is 10.5 Å². The summed E-state index contributed by atoms with van der Waals surface area (Å²) in [5, 5.41) is 17.6. The van der Waals surface area contributed by atoms with Gasteiger partial charge in [0.25, 0.3) is 0 Å². The number of allylic oxidation sites excluding steroid dienone is 2. The average Bonchev–Trinajstić information content (AvgIpc) is 2.74. The summed E-state index contributed by atoms with van der Waals surface area (Å²) in [6, 6.07) is 4.26. The van der Waals surface area contributed by atoms with Crippen molar-refractivity contribution in [2.24, 2.45) is 17.3 Å². The van der Waals surface area contributed by atoms with Crippen molar-refractivity contribution < 1.29 is 0 Å². The summed E-state index contributed by atoms with van der Waals surface area (Å²) < 4.78 is 0. The maximum Gasteiger partial charge on any atom is 0.153 e. The molecule has 2 nitrogen and oxygen atoms in total. The van der Waals surface area contributed by atoms with Gasteiger partial charge in [0.2, 0.25) is 0 Å². The Morgan fingerprint density at radius 3 is 2.55 bits per heavy atom. The molecule has 0 N–H and O–H groups in total. The molecule has 1 fully saturated rings. The number of nitrogens with zero attached hydrogens (tertiary/aromatic N) is 2. The van der Waals surface area contributed by atoms with Gasteiger partial charge in [0.1, 0.15) is 0 Å². The molecule has 11 heavy (non-hydrogen) atoms. The molecule has 2 atom stereocenters. The van der Waals surface area contributed by atoms with Gasteiger partial charge in [-0.05, 0) is 12.8 Å². The molecule has 0 aromatic heterocycles. The van der Waals surface area contributed by atoms with E-state index in [0.717, 1.165) is 12.8 Å². The molecular weight excluding hydrogens is 136 g/mol. The van der Waals surface area contributed by atoms with E-state index in [0.29, 0.717) is 5.92 Å². The molecule has 0 bridgehead atoms. The first kappa shape index (κ1) is 6.43. The first-order valence-corrected chi connectivity index (χ1v) is 3.84. The molecule has 0 spiro atoms. The van der Waals surface area contributed by atoms with E-state index in [1.807, 2.05) is 6.08 Å². The van der Waals surface area contributed by atoms with E-state index in [-0.39, 0.29) is 5.92 Å². The largest absolute Gasteiger partial charge is 0.197 e. The minimum absolute atomic E-state index is 0.242.